The molecular weight excluding hydrogens is 791 g/mol. The number of Topliss-reactive ketones (excluding diaryl/α,β-unsaturated/α-hetero) is 1. The van der Waals surface area contributed by atoms with Crippen LogP contribution in [0.5, 0.6) is 0 Å². The molecule has 308 valence electrons. The first-order valence-corrected chi connectivity index (χ1v) is 19.4. The Morgan fingerprint density at radius 2 is 1.00 bits per heavy atom. The molecule has 2 saturated heterocycles. The van der Waals surface area contributed by atoms with E-state index in [4.69, 9.17) is 28.9 Å². The van der Waals surface area contributed by atoms with Gasteiger partial charge in [0.15, 0.2) is 5.78 Å². The van der Waals surface area contributed by atoms with Gasteiger partial charge < -0.3 is 30.1 Å². The fourth-order valence-corrected chi connectivity index (χ4v) is 6.60. The molecule has 0 unspecified atom stereocenters. The van der Waals surface area contributed by atoms with Crippen LogP contribution in [-0.2, 0) is 17.8 Å². The van der Waals surface area contributed by atoms with E-state index in [9.17, 15) is 28.0 Å². The van der Waals surface area contributed by atoms with Gasteiger partial charge in [-0.05, 0) is 80.8 Å². The Kier molecular flexibility index (Phi) is 15.6. The third-order valence-corrected chi connectivity index (χ3v) is 10.5. The van der Waals surface area contributed by atoms with Crippen molar-refractivity contribution in [1.29, 1.82) is 0 Å². The van der Waals surface area contributed by atoms with Gasteiger partial charge in [0.2, 0.25) is 0 Å². The van der Waals surface area contributed by atoms with E-state index in [0.717, 1.165) is 32.2 Å². The predicted octanol–water partition coefficient (Wildman–Crippen LogP) is 6.63. The summed E-state index contributed by atoms with van der Waals surface area (Å²) in [5.41, 5.74) is 7.55. The number of halogens is 4. The Hall–Kier alpha value is -5.12. The molecule has 58 heavy (non-hydrogen) atoms. The number of methoxy groups -OCH3 is 1. The lowest BCUT2D eigenvalue weighted by Crippen LogP contribution is -2.52. The fourth-order valence-electron chi connectivity index (χ4n) is 6.35. The van der Waals surface area contributed by atoms with Crippen molar-refractivity contribution in [3.63, 3.8) is 0 Å². The van der Waals surface area contributed by atoms with E-state index >= 15 is 0 Å². The molecule has 0 bridgehead atoms. The highest BCUT2D eigenvalue weighted by atomic mass is 35.5. The standard InChI is InChI=1S/C21H24ClFN4O2.C21H23ClFN3O3/c1-25-8-10-26(11-9-25)21(29)27(18-6-4-17(22)5-7-18)14-16-3-2-15(12-19(16)23)20(28)13-24;1-24-9-11-25(12-10-24)21(28)26(18-7-5-17(22)6-8-18)14-16-4-3-15(13-19(16)23)20(27)29-2/h2-7,12H,8-11,13-14,24H2,1H3;3-8,13H,9-12,14H2,1-2H3. The summed E-state index contributed by atoms with van der Waals surface area (Å²) in [6, 6.07) is 21.7. The SMILES string of the molecule is CN1CCN(C(=O)N(Cc2ccc(C(=O)CN)cc2F)c2ccc(Cl)cc2)CC1.COC(=O)c1ccc(CN(C(=O)N2CCN(C)CC2)c2ccc(Cl)cc2)c(F)c1. The number of nitrogens with zero attached hydrogens (tertiary/aromatic N) is 6. The Balaban J connectivity index is 0.000000221. The summed E-state index contributed by atoms with van der Waals surface area (Å²) in [6.07, 6.45) is 0. The molecule has 0 aromatic heterocycles. The second-order valence-corrected chi connectivity index (χ2v) is 14.9. The van der Waals surface area contributed by atoms with Crippen LogP contribution in [0, 0.1) is 11.6 Å². The van der Waals surface area contributed by atoms with Crippen LogP contribution in [0.3, 0.4) is 0 Å². The molecule has 2 aliphatic rings. The van der Waals surface area contributed by atoms with Crippen molar-refractivity contribution in [1.82, 2.24) is 19.6 Å². The highest BCUT2D eigenvalue weighted by molar-refractivity contribution is 6.31. The number of benzene rings is 4. The topological polar surface area (TPSA) is 123 Å². The smallest absolute Gasteiger partial charge is 0.337 e. The number of piperazine rings is 2. The second-order valence-electron chi connectivity index (χ2n) is 14.0. The molecule has 4 amide bonds. The van der Waals surface area contributed by atoms with Crippen molar-refractivity contribution >= 4 is 58.4 Å². The number of hydrogen-bond donors (Lipinski definition) is 1. The van der Waals surface area contributed by atoms with E-state index in [-0.39, 0.29) is 48.6 Å². The molecule has 0 radical (unpaired) electrons. The van der Waals surface area contributed by atoms with Crippen LogP contribution in [0.1, 0.15) is 31.8 Å². The summed E-state index contributed by atoms with van der Waals surface area (Å²) >= 11 is 12.0. The van der Waals surface area contributed by atoms with Crippen molar-refractivity contribution in [2.75, 3.05) is 89.9 Å². The van der Waals surface area contributed by atoms with Crippen molar-refractivity contribution in [3.8, 4) is 0 Å². The molecule has 0 atom stereocenters. The van der Waals surface area contributed by atoms with Gasteiger partial charge >= 0.3 is 18.0 Å². The maximum atomic E-state index is 14.7. The number of carbonyl (C=O) groups excluding carboxylic acids is 4. The van der Waals surface area contributed by atoms with E-state index in [0.29, 0.717) is 58.7 Å². The number of amides is 4. The fraction of sp³-hybridized carbons (Fsp3) is 0.333. The lowest BCUT2D eigenvalue weighted by Gasteiger charge is -2.36. The molecule has 12 nitrogen and oxygen atoms in total. The number of esters is 1. The van der Waals surface area contributed by atoms with Gasteiger partial charge in [-0.25, -0.2) is 23.2 Å². The van der Waals surface area contributed by atoms with Crippen molar-refractivity contribution < 1.29 is 32.7 Å². The zero-order valence-corrected chi connectivity index (χ0v) is 34.2. The molecule has 4 aromatic carbocycles. The lowest BCUT2D eigenvalue weighted by molar-refractivity contribution is 0.0600. The highest BCUT2D eigenvalue weighted by Crippen LogP contribution is 2.26. The maximum absolute atomic E-state index is 14.7. The van der Waals surface area contributed by atoms with Crippen LogP contribution in [0.4, 0.5) is 29.7 Å². The van der Waals surface area contributed by atoms with Gasteiger partial charge in [-0.15, -0.1) is 0 Å². The van der Waals surface area contributed by atoms with Gasteiger partial charge in [0.1, 0.15) is 11.6 Å². The van der Waals surface area contributed by atoms with Crippen molar-refractivity contribution in [2.45, 2.75) is 13.1 Å². The number of urea groups is 2. The minimum Gasteiger partial charge on any atom is -0.465 e. The molecule has 0 aliphatic carbocycles. The number of anilines is 2. The Morgan fingerprint density at radius 1 is 0.621 bits per heavy atom. The van der Waals surface area contributed by atoms with Gasteiger partial charge in [-0.1, -0.05) is 41.4 Å². The maximum Gasteiger partial charge on any atom is 0.337 e. The molecule has 0 spiro atoms. The molecule has 0 saturated carbocycles. The first-order chi connectivity index (χ1) is 27.8. The third-order valence-electron chi connectivity index (χ3n) is 9.98. The molecule has 2 fully saturated rings. The van der Waals surface area contributed by atoms with Crippen LogP contribution in [0.25, 0.3) is 0 Å². The van der Waals surface area contributed by atoms with Gasteiger partial charge in [-0.2, -0.15) is 0 Å². The molecule has 6 rings (SSSR count). The largest absolute Gasteiger partial charge is 0.465 e. The van der Waals surface area contributed by atoms with E-state index in [1.165, 1.54) is 47.2 Å². The zero-order chi connectivity index (χ0) is 41.9. The first-order valence-electron chi connectivity index (χ1n) is 18.7. The normalized spacial score (nSPS) is 14.6. The van der Waals surface area contributed by atoms with Gasteiger partial charge in [0, 0.05) is 90.5 Å². The zero-order valence-electron chi connectivity index (χ0n) is 32.7. The Bertz CT molecular complexity index is 1910. The summed E-state index contributed by atoms with van der Waals surface area (Å²) in [5, 5.41) is 1.10. The summed E-state index contributed by atoms with van der Waals surface area (Å²) < 4.78 is 34.0. The second kappa shape index (κ2) is 20.5. The van der Waals surface area contributed by atoms with E-state index in [1.807, 2.05) is 14.1 Å². The number of carbonyl (C=O) groups is 4. The minimum atomic E-state index is -0.612. The van der Waals surface area contributed by atoms with Crippen LogP contribution in [0.15, 0.2) is 84.9 Å². The lowest BCUT2D eigenvalue weighted by atomic mass is 10.1. The summed E-state index contributed by atoms with van der Waals surface area (Å²) in [7, 11) is 5.26. The monoisotopic (exact) mass is 837 g/mol. The average molecular weight is 839 g/mol. The van der Waals surface area contributed by atoms with Crippen molar-refractivity contribution in [3.05, 3.63) is 129 Å². The Morgan fingerprint density at radius 3 is 1.36 bits per heavy atom. The van der Waals surface area contributed by atoms with Crippen LogP contribution < -0.4 is 15.5 Å². The molecule has 4 aromatic rings. The number of likely N-dealkylation sites (N-methyl/N-ethyl adjacent to an activating group) is 2. The number of hydrogen-bond acceptors (Lipinski definition) is 8. The molecule has 2 N–H and O–H groups in total. The summed E-state index contributed by atoms with van der Waals surface area (Å²) in [4.78, 5) is 60.7. The summed E-state index contributed by atoms with van der Waals surface area (Å²) in [5.74, 6) is -2.07. The van der Waals surface area contributed by atoms with E-state index in [2.05, 4.69) is 14.5 Å². The molecule has 2 aliphatic heterocycles. The van der Waals surface area contributed by atoms with Crippen LogP contribution in [0.2, 0.25) is 10.0 Å². The van der Waals surface area contributed by atoms with Crippen molar-refractivity contribution in [2.24, 2.45) is 5.73 Å². The number of ether oxygens (including phenoxy) is 1. The number of rotatable bonds is 9. The first kappa shape index (κ1) is 44.0. The van der Waals surface area contributed by atoms with Gasteiger partial charge in [-0.3, -0.25) is 14.6 Å². The molecular formula is C42H47Cl2F2N7O5. The summed E-state index contributed by atoms with van der Waals surface area (Å²) in [6.45, 7) is 5.41. The number of nitrogens with two attached hydrogens (primary N) is 1. The predicted molar refractivity (Wildman–Crippen MR) is 222 cm³/mol. The third kappa shape index (κ3) is 11.5. The molecule has 16 heteroatoms. The number of ketones is 1. The minimum absolute atomic E-state index is 0.0279. The molecule has 2 heterocycles. The Labute approximate surface area is 347 Å². The average Bonchev–Trinajstić information content (AvgIpc) is 3.23. The quantitative estimate of drug-likeness (QED) is 0.147. The highest BCUT2D eigenvalue weighted by Gasteiger charge is 2.28. The van der Waals surface area contributed by atoms with Gasteiger partial charge in [0.05, 0.1) is 32.3 Å². The van der Waals surface area contributed by atoms with E-state index < -0.39 is 17.6 Å². The van der Waals surface area contributed by atoms with Crippen LogP contribution >= 0.6 is 23.2 Å². The van der Waals surface area contributed by atoms with E-state index in [1.54, 1.807) is 58.3 Å². The van der Waals surface area contributed by atoms with Crippen LogP contribution in [-0.4, -0.2) is 124 Å². The van der Waals surface area contributed by atoms with Gasteiger partial charge in [0.25, 0.3) is 0 Å².